The van der Waals surface area contributed by atoms with Crippen LogP contribution < -0.4 is 0 Å². The maximum absolute atomic E-state index is 6.17. The summed E-state index contributed by atoms with van der Waals surface area (Å²) in [6.07, 6.45) is 7.75. The van der Waals surface area contributed by atoms with Crippen LogP contribution in [0.5, 0.6) is 0 Å². The van der Waals surface area contributed by atoms with Gasteiger partial charge in [-0.05, 0) is 30.9 Å². The van der Waals surface area contributed by atoms with E-state index in [1.165, 1.54) is 48.5 Å². The van der Waals surface area contributed by atoms with Gasteiger partial charge in [0.2, 0.25) is 0 Å². The lowest BCUT2D eigenvalue weighted by Gasteiger charge is -2.22. The number of benzene rings is 1. The highest BCUT2D eigenvalue weighted by atomic mass is 32.2. The molecule has 23 heavy (non-hydrogen) atoms. The Labute approximate surface area is 152 Å². The molecule has 1 aliphatic heterocycles. The van der Waals surface area contributed by atoms with Crippen molar-refractivity contribution in [3.05, 3.63) is 30.3 Å². The normalized spacial score (nSPS) is 20.8. The van der Waals surface area contributed by atoms with E-state index in [0.29, 0.717) is 4.58 Å². The molecule has 1 saturated heterocycles. The van der Waals surface area contributed by atoms with Gasteiger partial charge in [0.15, 0.2) is 5.90 Å². The molecule has 1 aromatic carbocycles. The van der Waals surface area contributed by atoms with Crippen molar-refractivity contribution in [2.75, 3.05) is 18.1 Å². The third-order valence-corrected chi connectivity index (χ3v) is 8.05. The number of hydrogen-bond donors (Lipinski definition) is 0. The lowest BCUT2D eigenvalue weighted by atomic mass is 9.90. The van der Waals surface area contributed by atoms with Crippen molar-refractivity contribution in [2.24, 2.45) is 10.3 Å². The predicted octanol–water partition coefficient (Wildman–Crippen LogP) is 5.89. The number of nitrogens with zero attached hydrogens (tertiary/aromatic N) is 1. The molecular weight excluding hydrogens is 342 g/mol. The van der Waals surface area contributed by atoms with Gasteiger partial charge in [-0.3, -0.25) is 0 Å². The summed E-state index contributed by atoms with van der Waals surface area (Å²) in [7, 11) is 0. The maximum atomic E-state index is 6.17. The summed E-state index contributed by atoms with van der Waals surface area (Å²) in [5, 5.41) is 0. The molecule has 0 aromatic heterocycles. The lowest BCUT2D eigenvalue weighted by molar-refractivity contribution is 0.196. The second-order valence-electron chi connectivity index (χ2n) is 6.08. The van der Waals surface area contributed by atoms with Crippen LogP contribution in [-0.4, -0.2) is 28.6 Å². The Hall–Kier alpha value is -0.260. The van der Waals surface area contributed by atoms with E-state index in [9.17, 15) is 0 Å². The first kappa shape index (κ1) is 17.6. The zero-order chi connectivity index (χ0) is 15.7. The summed E-state index contributed by atoms with van der Waals surface area (Å²) in [4.78, 5) is 1.18. The zero-order valence-corrected chi connectivity index (χ0v) is 15.9. The molecule has 2 nitrogen and oxygen atoms in total. The Morgan fingerprint density at radius 3 is 2.57 bits per heavy atom. The Bertz CT molecular complexity index is 482. The first-order valence-corrected chi connectivity index (χ1v) is 11.4. The van der Waals surface area contributed by atoms with Gasteiger partial charge < -0.3 is 4.74 Å². The quantitative estimate of drug-likeness (QED) is 0.355. The van der Waals surface area contributed by atoms with E-state index in [-0.39, 0.29) is 0 Å². The number of hydrogen-bond acceptors (Lipinski definition) is 5. The van der Waals surface area contributed by atoms with Crippen LogP contribution in [0.4, 0.5) is 0 Å². The summed E-state index contributed by atoms with van der Waals surface area (Å²) in [6, 6.07) is 10.4. The first-order valence-electron chi connectivity index (χ1n) is 8.55. The van der Waals surface area contributed by atoms with E-state index in [1.807, 2.05) is 29.6 Å². The van der Waals surface area contributed by atoms with Crippen LogP contribution >= 0.6 is 35.5 Å². The number of ether oxygens (including phenoxy) is 1. The highest BCUT2D eigenvalue weighted by Gasteiger charge is 2.21. The monoisotopic (exact) mass is 367 g/mol. The third kappa shape index (κ3) is 6.28. The van der Waals surface area contributed by atoms with Crippen LogP contribution in [0.25, 0.3) is 0 Å². The predicted molar refractivity (Wildman–Crippen MR) is 106 cm³/mol. The average Bonchev–Trinajstić information content (AvgIpc) is 3.12. The fourth-order valence-corrected chi connectivity index (χ4v) is 6.34. The number of thioether (sulfide) groups is 2. The molecule has 1 saturated carbocycles. The van der Waals surface area contributed by atoms with Gasteiger partial charge in [-0.2, -0.15) is 4.40 Å². The highest BCUT2D eigenvalue weighted by Crippen LogP contribution is 2.35. The van der Waals surface area contributed by atoms with E-state index in [2.05, 4.69) is 24.3 Å². The molecule has 2 aliphatic rings. The van der Waals surface area contributed by atoms with Crippen molar-refractivity contribution in [2.45, 2.75) is 48.0 Å². The number of rotatable bonds is 6. The van der Waals surface area contributed by atoms with Crippen LogP contribution in [0, 0.1) is 5.92 Å². The van der Waals surface area contributed by atoms with Gasteiger partial charge in [-0.25, -0.2) is 0 Å². The summed E-state index contributed by atoms with van der Waals surface area (Å²) < 4.78 is 11.5. The van der Waals surface area contributed by atoms with Gasteiger partial charge in [0.1, 0.15) is 0 Å². The summed E-state index contributed by atoms with van der Waals surface area (Å²) in [6.45, 7) is 0.857. The minimum atomic E-state index is 0.622. The van der Waals surface area contributed by atoms with Crippen LogP contribution in [0.2, 0.25) is 0 Å². The lowest BCUT2D eigenvalue weighted by Crippen LogP contribution is -2.18. The van der Waals surface area contributed by atoms with Crippen LogP contribution in [-0.2, 0) is 4.74 Å². The van der Waals surface area contributed by atoms with Crippen molar-refractivity contribution in [1.29, 1.82) is 0 Å². The Balaban J connectivity index is 1.55. The van der Waals surface area contributed by atoms with E-state index in [4.69, 9.17) is 9.13 Å². The van der Waals surface area contributed by atoms with E-state index < -0.39 is 0 Å². The van der Waals surface area contributed by atoms with E-state index >= 15 is 0 Å². The molecule has 0 radical (unpaired) electrons. The van der Waals surface area contributed by atoms with Crippen LogP contribution in [0.1, 0.15) is 38.5 Å². The largest absolute Gasteiger partial charge is 0.480 e. The van der Waals surface area contributed by atoms with Gasteiger partial charge in [0.05, 0.1) is 11.2 Å². The van der Waals surface area contributed by atoms with E-state index in [0.717, 1.165) is 24.8 Å². The average molecular weight is 368 g/mol. The standard InChI is InChI=1S/C18H25NOS3/c1-3-7-15(8-4-1)14-20-17(13-18-21-11-12-22-18)19-23-16-9-5-2-6-10-16/h2,5-6,9-10,15,18H,1,3-4,7-8,11-14H2/b19-17-. The molecule has 1 aromatic rings. The van der Waals surface area contributed by atoms with Gasteiger partial charge in [0, 0.05) is 34.8 Å². The summed E-state index contributed by atoms with van der Waals surface area (Å²) in [5.41, 5.74) is 0. The molecule has 0 amide bonds. The SMILES string of the molecule is c1ccc(S/N=C(/CC2SCCS2)OCC2CCCCC2)cc1. The van der Waals surface area contributed by atoms with Gasteiger partial charge in [-0.1, -0.05) is 37.5 Å². The molecular formula is C18H25NOS3. The van der Waals surface area contributed by atoms with Crippen LogP contribution in [0.3, 0.4) is 0 Å². The molecule has 1 heterocycles. The van der Waals surface area contributed by atoms with Gasteiger partial charge >= 0.3 is 0 Å². The highest BCUT2D eigenvalue weighted by molar-refractivity contribution is 8.20. The molecule has 0 unspecified atom stereocenters. The molecule has 0 atom stereocenters. The molecule has 3 rings (SSSR count). The topological polar surface area (TPSA) is 21.6 Å². The summed E-state index contributed by atoms with van der Waals surface area (Å²) >= 11 is 5.64. The second kappa shape index (κ2) is 9.90. The Kier molecular flexibility index (Phi) is 7.56. The summed E-state index contributed by atoms with van der Waals surface area (Å²) in [5.74, 6) is 4.20. The first-order chi connectivity index (χ1) is 11.4. The molecule has 0 N–H and O–H groups in total. The smallest absolute Gasteiger partial charge is 0.197 e. The van der Waals surface area contributed by atoms with Crippen molar-refractivity contribution >= 4 is 41.4 Å². The molecule has 5 heteroatoms. The minimum Gasteiger partial charge on any atom is -0.480 e. The van der Waals surface area contributed by atoms with E-state index in [1.54, 1.807) is 11.9 Å². The Morgan fingerprint density at radius 1 is 1.09 bits per heavy atom. The fraction of sp³-hybridized carbons (Fsp3) is 0.611. The van der Waals surface area contributed by atoms with Gasteiger partial charge in [0.25, 0.3) is 0 Å². The molecule has 1 aliphatic carbocycles. The van der Waals surface area contributed by atoms with Crippen molar-refractivity contribution in [3.8, 4) is 0 Å². The van der Waals surface area contributed by atoms with Crippen molar-refractivity contribution < 1.29 is 4.74 Å². The van der Waals surface area contributed by atoms with Crippen LogP contribution in [0.15, 0.2) is 39.6 Å². The Morgan fingerprint density at radius 2 is 1.83 bits per heavy atom. The van der Waals surface area contributed by atoms with Crippen molar-refractivity contribution in [1.82, 2.24) is 0 Å². The fourth-order valence-electron chi connectivity index (χ4n) is 2.94. The zero-order valence-electron chi connectivity index (χ0n) is 13.5. The molecule has 126 valence electrons. The van der Waals surface area contributed by atoms with Crippen molar-refractivity contribution in [3.63, 3.8) is 0 Å². The third-order valence-electron chi connectivity index (χ3n) is 4.24. The molecule has 0 bridgehead atoms. The molecule has 0 spiro atoms. The minimum absolute atomic E-state index is 0.622. The molecule has 2 fully saturated rings. The second-order valence-corrected chi connectivity index (χ2v) is 9.84. The van der Waals surface area contributed by atoms with Gasteiger partial charge in [-0.15, -0.1) is 23.5 Å². The maximum Gasteiger partial charge on any atom is 0.197 e.